The highest BCUT2D eigenvalue weighted by Gasteiger charge is 2.18. The van der Waals surface area contributed by atoms with Crippen LogP contribution in [-0.2, 0) is 6.54 Å². The first-order valence-electron chi connectivity index (χ1n) is 8.94. The zero-order chi connectivity index (χ0) is 17.4. The van der Waals surface area contributed by atoms with E-state index in [1.54, 1.807) is 11.3 Å². The average molecular weight is 480 g/mol. The summed E-state index contributed by atoms with van der Waals surface area (Å²) in [6.45, 7) is 5.53. The number of aliphatic imine (C=N–C) groups is 1. The molecule has 1 aliphatic carbocycles. The predicted octanol–water partition coefficient (Wildman–Crippen LogP) is 2.76. The van der Waals surface area contributed by atoms with Crippen molar-refractivity contribution in [2.24, 2.45) is 4.99 Å². The fraction of sp³-hybridized carbons (Fsp3) is 0.765. The van der Waals surface area contributed by atoms with E-state index in [4.69, 9.17) is 0 Å². The molecule has 0 aliphatic heterocycles. The first kappa shape index (κ1) is 22.4. The highest BCUT2D eigenvalue weighted by molar-refractivity contribution is 14.0. The van der Waals surface area contributed by atoms with Gasteiger partial charge in [-0.3, -0.25) is 0 Å². The molecule has 0 spiro atoms. The van der Waals surface area contributed by atoms with Gasteiger partial charge in [0.25, 0.3) is 0 Å². The lowest BCUT2D eigenvalue weighted by molar-refractivity contribution is 0.249. The van der Waals surface area contributed by atoms with Crippen LogP contribution in [0.15, 0.2) is 10.4 Å². The quantitative estimate of drug-likeness (QED) is 0.341. The van der Waals surface area contributed by atoms with Crippen LogP contribution in [0.2, 0.25) is 0 Å². The van der Waals surface area contributed by atoms with Gasteiger partial charge < -0.3 is 20.4 Å². The SMILES string of the molecule is CCNC(=NCc1csc(N(C)C)n1)NCCN(C)C1CCCC1.I. The second kappa shape index (κ2) is 11.9. The van der Waals surface area contributed by atoms with Crippen LogP contribution in [0.5, 0.6) is 0 Å². The Kier molecular flexibility index (Phi) is 10.7. The third kappa shape index (κ3) is 7.65. The number of rotatable bonds is 8. The highest BCUT2D eigenvalue weighted by atomic mass is 127. The third-order valence-corrected chi connectivity index (χ3v) is 5.43. The molecule has 1 aromatic heterocycles. The van der Waals surface area contributed by atoms with E-state index in [0.717, 1.165) is 42.5 Å². The summed E-state index contributed by atoms with van der Waals surface area (Å²) in [6, 6.07) is 0.769. The maximum Gasteiger partial charge on any atom is 0.191 e. The van der Waals surface area contributed by atoms with E-state index in [9.17, 15) is 0 Å². The summed E-state index contributed by atoms with van der Waals surface area (Å²) in [7, 11) is 6.26. The van der Waals surface area contributed by atoms with E-state index in [0.29, 0.717) is 6.54 Å². The molecule has 0 atom stereocenters. The number of nitrogens with zero attached hydrogens (tertiary/aromatic N) is 4. The van der Waals surface area contributed by atoms with Crippen LogP contribution < -0.4 is 15.5 Å². The molecule has 1 aliphatic rings. The smallest absolute Gasteiger partial charge is 0.191 e. The lowest BCUT2D eigenvalue weighted by Gasteiger charge is -2.24. The molecule has 1 heterocycles. The number of hydrogen-bond acceptors (Lipinski definition) is 5. The molecule has 0 aromatic carbocycles. The van der Waals surface area contributed by atoms with Gasteiger partial charge in [0.15, 0.2) is 11.1 Å². The summed E-state index contributed by atoms with van der Waals surface area (Å²) < 4.78 is 0. The van der Waals surface area contributed by atoms with Crippen molar-refractivity contribution in [1.82, 2.24) is 20.5 Å². The number of anilines is 1. The molecular formula is C17H33IN6S. The first-order valence-corrected chi connectivity index (χ1v) is 9.82. The van der Waals surface area contributed by atoms with Crippen LogP contribution in [0.1, 0.15) is 38.3 Å². The van der Waals surface area contributed by atoms with E-state index in [1.165, 1.54) is 25.7 Å². The Bertz CT molecular complexity index is 513. The van der Waals surface area contributed by atoms with Gasteiger partial charge in [-0.2, -0.15) is 0 Å². The van der Waals surface area contributed by atoms with Gasteiger partial charge >= 0.3 is 0 Å². The summed E-state index contributed by atoms with van der Waals surface area (Å²) in [6.07, 6.45) is 5.47. The normalized spacial score (nSPS) is 15.3. The highest BCUT2D eigenvalue weighted by Crippen LogP contribution is 2.21. The van der Waals surface area contributed by atoms with Crippen molar-refractivity contribution >= 4 is 46.4 Å². The van der Waals surface area contributed by atoms with Crippen LogP contribution in [-0.4, -0.2) is 62.7 Å². The fourth-order valence-corrected chi connectivity index (χ4v) is 3.70. The van der Waals surface area contributed by atoms with Gasteiger partial charge in [-0.25, -0.2) is 9.98 Å². The van der Waals surface area contributed by atoms with Gasteiger partial charge in [0, 0.05) is 45.2 Å². The minimum Gasteiger partial charge on any atom is -0.357 e. The molecule has 144 valence electrons. The number of thiazole rings is 1. The Morgan fingerprint density at radius 1 is 1.28 bits per heavy atom. The summed E-state index contributed by atoms with van der Waals surface area (Å²) in [5.74, 6) is 0.872. The molecule has 1 aromatic rings. The lowest BCUT2D eigenvalue weighted by atomic mass is 10.2. The lowest BCUT2D eigenvalue weighted by Crippen LogP contribution is -2.42. The summed E-state index contributed by atoms with van der Waals surface area (Å²) >= 11 is 1.66. The second-order valence-electron chi connectivity index (χ2n) is 6.56. The first-order chi connectivity index (χ1) is 11.6. The molecule has 0 radical (unpaired) electrons. The van der Waals surface area contributed by atoms with E-state index < -0.39 is 0 Å². The van der Waals surface area contributed by atoms with Crippen LogP contribution in [0, 0.1) is 0 Å². The van der Waals surface area contributed by atoms with E-state index in [2.05, 4.69) is 44.9 Å². The zero-order valence-corrected chi connectivity index (χ0v) is 19.1. The molecule has 0 unspecified atom stereocenters. The summed E-state index contributed by atoms with van der Waals surface area (Å²) in [5, 5.41) is 9.85. The largest absolute Gasteiger partial charge is 0.357 e. The molecule has 0 bridgehead atoms. The van der Waals surface area contributed by atoms with Crippen LogP contribution in [0.3, 0.4) is 0 Å². The van der Waals surface area contributed by atoms with Crippen molar-refractivity contribution in [2.75, 3.05) is 45.7 Å². The van der Waals surface area contributed by atoms with E-state index >= 15 is 0 Å². The molecule has 2 N–H and O–H groups in total. The van der Waals surface area contributed by atoms with E-state index in [1.807, 2.05) is 19.0 Å². The number of guanidine groups is 1. The van der Waals surface area contributed by atoms with Gasteiger partial charge in [0.05, 0.1) is 12.2 Å². The number of aromatic nitrogens is 1. The van der Waals surface area contributed by atoms with Gasteiger partial charge in [0.2, 0.25) is 0 Å². The fourth-order valence-electron chi connectivity index (χ4n) is 2.95. The van der Waals surface area contributed by atoms with Crippen molar-refractivity contribution in [2.45, 2.75) is 45.2 Å². The Morgan fingerprint density at radius 3 is 2.60 bits per heavy atom. The summed E-state index contributed by atoms with van der Waals surface area (Å²) in [5.41, 5.74) is 1.02. The molecule has 6 nitrogen and oxygen atoms in total. The zero-order valence-electron chi connectivity index (χ0n) is 15.9. The molecule has 2 rings (SSSR count). The number of hydrogen-bond donors (Lipinski definition) is 2. The van der Waals surface area contributed by atoms with Gasteiger partial charge in [-0.15, -0.1) is 35.3 Å². The number of nitrogens with one attached hydrogen (secondary N) is 2. The van der Waals surface area contributed by atoms with Gasteiger partial charge in [-0.05, 0) is 26.8 Å². The van der Waals surface area contributed by atoms with Gasteiger partial charge in [0.1, 0.15) is 0 Å². The molecule has 25 heavy (non-hydrogen) atoms. The Balaban J connectivity index is 0.00000312. The third-order valence-electron chi connectivity index (χ3n) is 4.37. The minimum absolute atomic E-state index is 0. The molecular weight excluding hydrogens is 447 g/mol. The minimum atomic E-state index is 0. The molecule has 1 saturated carbocycles. The second-order valence-corrected chi connectivity index (χ2v) is 7.39. The Morgan fingerprint density at radius 2 is 2.00 bits per heavy atom. The van der Waals surface area contributed by atoms with E-state index in [-0.39, 0.29) is 24.0 Å². The molecule has 0 amide bonds. The van der Waals surface area contributed by atoms with Crippen molar-refractivity contribution in [3.05, 3.63) is 11.1 Å². The van der Waals surface area contributed by atoms with Crippen molar-refractivity contribution in [3.8, 4) is 0 Å². The molecule has 1 fully saturated rings. The monoisotopic (exact) mass is 480 g/mol. The maximum atomic E-state index is 4.65. The standard InChI is InChI=1S/C17H32N6S.HI/c1-5-18-16(19-10-11-23(4)15-8-6-7-9-15)20-12-14-13-24-17(21-14)22(2)3;/h13,15H,5-12H2,1-4H3,(H2,18,19,20);1H. The van der Waals surface area contributed by atoms with Crippen molar-refractivity contribution in [1.29, 1.82) is 0 Å². The van der Waals surface area contributed by atoms with Crippen molar-refractivity contribution < 1.29 is 0 Å². The van der Waals surface area contributed by atoms with Crippen LogP contribution >= 0.6 is 35.3 Å². The van der Waals surface area contributed by atoms with Gasteiger partial charge in [-0.1, -0.05) is 12.8 Å². The number of likely N-dealkylation sites (N-methyl/N-ethyl adjacent to an activating group) is 1. The molecule has 8 heteroatoms. The molecule has 0 saturated heterocycles. The van der Waals surface area contributed by atoms with Crippen LogP contribution in [0.25, 0.3) is 0 Å². The maximum absolute atomic E-state index is 4.65. The average Bonchev–Trinajstić information content (AvgIpc) is 3.24. The summed E-state index contributed by atoms with van der Waals surface area (Å²) in [4.78, 5) is 13.7. The Labute approximate surface area is 173 Å². The Hall–Kier alpha value is -0.610. The van der Waals surface area contributed by atoms with Crippen molar-refractivity contribution in [3.63, 3.8) is 0 Å². The predicted molar refractivity (Wildman–Crippen MR) is 120 cm³/mol. The number of halogens is 1. The van der Waals surface area contributed by atoms with Crippen LogP contribution in [0.4, 0.5) is 5.13 Å². The topological polar surface area (TPSA) is 55.8 Å².